The van der Waals surface area contributed by atoms with E-state index in [2.05, 4.69) is 20.9 Å². The molecule has 0 unspecified atom stereocenters. The Hall–Kier alpha value is -0.780. The summed E-state index contributed by atoms with van der Waals surface area (Å²) in [5.41, 5.74) is 0.508. The first-order chi connectivity index (χ1) is 8.06. The molecule has 2 aromatic rings. The molecule has 0 radical (unpaired) electrons. The maximum atomic E-state index is 12.0. The van der Waals surface area contributed by atoms with Crippen LogP contribution in [0, 0.1) is 0 Å². The van der Waals surface area contributed by atoms with Crippen LogP contribution in [-0.2, 0) is 6.54 Å². The smallest absolute Gasteiger partial charge is 0.270 e. The molecule has 0 aliphatic rings. The summed E-state index contributed by atoms with van der Waals surface area (Å²) in [5.74, 6) is -0.0681. The van der Waals surface area contributed by atoms with Crippen LogP contribution in [0.15, 0.2) is 28.2 Å². The van der Waals surface area contributed by atoms with E-state index in [9.17, 15) is 4.79 Å². The molecular formula is C11H10BrClN2OS. The van der Waals surface area contributed by atoms with Gasteiger partial charge in [-0.15, -0.1) is 11.3 Å². The van der Waals surface area contributed by atoms with E-state index in [1.807, 2.05) is 11.4 Å². The average Bonchev–Trinajstić information content (AvgIpc) is 2.87. The fourth-order valence-corrected chi connectivity index (χ4v) is 3.11. The zero-order valence-electron chi connectivity index (χ0n) is 9.04. The van der Waals surface area contributed by atoms with Crippen LogP contribution in [0.1, 0.15) is 15.4 Å². The van der Waals surface area contributed by atoms with Crippen LogP contribution in [0.3, 0.4) is 0 Å². The van der Waals surface area contributed by atoms with Crippen molar-refractivity contribution < 1.29 is 4.79 Å². The van der Waals surface area contributed by atoms with Crippen molar-refractivity contribution in [2.24, 2.45) is 0 Å². The number of thiophene rings is 1. The highest BCUT2D eigenvalue weighted by molar-refractivity contribution is 9.10. The van der Waals surface area contributed by atoms with Gasteiger partial charge in [-0.05, 0) is 28.1 Å². The number of halogens is 2. The maximum Gasteiger partial charge on any atom is 0.270 e. The third kappa shape index (κ3) is 3.12. The van der Waals surface area contributed by atoms with E-state index >= 15 is 0 Å². The fraction of sp³-hybridized carbons (Fsp3) is 0.182. The first-order valence-electron chi connectivity index (χ1n) is 4.88. The van der Waals surface area contributed by atoms with Gasteiger partial charge in [-0.1, -0.05) is 11.6 Å². The molecule has 3 nitrogen and oxygen atoms in total. The summed E-state index contributed by atoms with van der Waals surface area (Å²) in [6.07, 6.45) is 1.60. The van der Waals surface area contributed by atoms with Gasteiger partial charge in [-0.2, -0.15) is 0 Å². The minimum absolute atomic E-state index is 0.0681. The van der Waals surface area contributed by atoms with Gasteiger partial charge in [0, 0.05) is 28.0 Å². The van der Waals surface area contributed by atoms with E-state index in [-0.39, 0.29) is 5.91 Å². The van der Waals surface area contributed by atoms with E-state index in [1.165, 1.54) is 0 Å². The van der Waals surface area contributed by atoms with Crippen LogP contribution < -0.4 is 0 Å². The molecule has 2 rings (SSSR count). The minimum Gasteiger partial charge on any atom is -0.356 e. The average molecular weight is 334 g/mol. The van der Waals surface area contributed by atoms with Crippen molar-refractivity contribution in [2.75, 3.05) is 7.05 Å². The Balaban J connectivity index is 2.05. The van der Waals surface area contributed by atoms with Crippen LogP contribution in [0.5, 0.6) is 0 Å². The van der Waals surface area contributed by atoms with Crippen molar-refractivity contribution in [1.82, 2.24) is 9.88 Å². The number of nitrogens with zero attached hydrogens (tertiary/aromatic N) is 1. The van der Waals surface area contributed by atoms with Gasteiger partial charge in [0.05, 0.1) is 11.6 Å². The predicted molar refractivity (Wildman–Crippen MR) is 73.6 cm³/mol. The number of aromatic amines is 1. The molecule has 2 aromatic heterocycles. The van der Waals surface area contributed by atoms with Crippen molar-refractivity contribution in [1.29, 1.82) is 0 Å². The Morgan fingerprint density at radius 1 is 1.59 bits per heavy atom. The lowest BCUT2D eigenvalue weighted by molar-refractivity contribution is 0.0781. The molecule has 0 aromatic carbocycles. The number of rotatable bonds is 3. The van der Waals surface area contributed by atoms with Gasteiger partial charge in [0.15, 0.2) is 0 Å². The molecule has 90 valence electrons. The predicted octanol–water partition coefficient (Wildman–Crippen LogP) is 3.76. The van der Waals surface area contributed by atoms with Crippen molar-refractivity contribution >= 4 is 44.8 Å². The van der Waals surface area contributed by atoms with Crippen molar-refractivity contribution in [3.8, 4) is 0 Å². The summed E-state index contributed by atoms with van der Waals surface area (Å²) in [6, 6.07) is 3.64. The molecule has 6 heteroatoms. The number of aromatic nitrogens is 1. The Labute approximate surface area is 117 Å². The molecule has 1 amide bonds. The largest absolute Gasteiger partial charge is 0.356 e. The Kier molecular flexibility index (Phi) is 3.91. The zero-order valence-corrected chi connectivity index (χ0v) is 12.2. The number of hydrogen-bond acceptors (Lipinski definition) is 2. The van der Waals surface area contributed by atoms with Crippen molar-refractivity contribution in [3.63, 3.8) is 0 Å². The molecule has 0 aliphatic carbocycles. The molecule has 0 bridgehead atoms. The quantitative estimate of drug-likeness (QED) is 0.912. The number of amides is 1. The maximum absolute atomic E-state index is 12.0. The topological polar surface area (TPSA) is 36.1 Å². The van der Waals surface area contributed by atoms with Crippen LogP contribution >= 0.6 is 38.9 Å². The lowest BCUT2D eigenvalue weighted by Gasteiger charge is -2.14. The first-order valence-corrected chi connectivity index (χ1v) is 6.93. The summed E-state index contributed by atoms with van der Waals surface area (Å²) < 4.78 is 1.04. The van der Waals surface area contributed by atoms with Gasteiger partial charge in [0.1, 0.15) is 5.69 Å². The first kappa shape index (κ1) is 12.7. The molecular weight excluding hydrogens is 324 g/mol. The van der Waals surface area contributed by atoms with Gasteiger partial charge < -0.3 is 9.88 Å². The van der Waals surface area contributed by atoms with Crippen LogP contribution in [-0.4, -0.2) is 22.8 Å². The van der Waals surface area contributed by atoms with E-state index in [4.69, 9.17) is 11.6 Å². The SMILES string of the molecule is CN(Cc1cc(Br)cs1)C(=O)c1cc(Cl)c[nH]1. The number of H-pyrrole nitrogens is 1. The summed E-state index contributed by atoms with van der Waals surface area (Å²) in [5, 5.41) is 2.54. The highest BCUT2D eigenvalue weighted by Gasteiger charge is 2.14. The van der Waals surface area contributed by atoms with Gasteiger partial charge in [-0.25, -0.2) is 0 Å². The highest BCUT2D eigenvalue weighted by Crippen LogP contribution is 2.21. The van der Waals surface area contributed by atoms with Crippen molar-refractivity contribution in [2.45, 2.75) is 6.54 Å². The number of hydrogen-bond donors (Lipinski definition) is 1. The molecule has 2 heterocycles. The van der Waals surface area contributed by atoms with E-state index < -0.39 is 0 Å². The van der Waals surface area contributed by atoms with Gasteiger partial charge in [0.25, 0.3) is 5.91 Å². The molecule has 1 N–H and O–H groups in total. The van der Waals surface area contributed by atoms with Crippen LogP contribution in [0.2, 0.25) is 5.02 Å². The lowest BCUT2D eigenvalue weighted by Crippen LogP contribution is -2.26. The molecule has 17 heavy (non-hydrogen) atoms. The summed E-state index contributed by atoms with van der Waals surface area (Å²) in [4.78, 5) is 17.6. The zero-order chi connectivity index (χ0) is 12.4. The number of carbonyl (C=O) groups is 1. The molecule has 0 saturated heterocycles. The summed E-state index contributed by atoms with van der Waals surface area (Å²) >= 11 is 10.8. The second-order valence-corrected chi connectivity index (χ2v) is 5.97. The van der Waals surface area contributed by atoms with Gasteiger partial charge in [-0.3, -0.25) is 4.79 Å². The fourth-order valence-electron chi connectivity index (χ4n) is 1.44. The van der Waals surface area contributed by atoms with E-state index in [0.29, 0.717) is 17.3 Å². The van der Waals surface area contributed by atoms with Crippen molar-refractivity contribution in [3.05, 3.63) is 43.8 Å². The van der Waals surface area contributed by atoms with E-state index in [1.54, 1.807) is 35.5 Å². The van der Waals surface area contributed by atoms with E-state index in [0.717, 1.165) is 9.35 Å². The van der Waals surface area contributed by atoms with Crippen LogP contribution in [0.25, 0.3) is 0 Å². The third-order valence-corrected chi connectivity index (χ3v) is 4.14. The number of nitrogens with one attached hydrogen (secondary N) is 1. The highest BCUT2D eigenvalue weighted by atomic mass is 79.9. The Bertz CT molecular complexity index is 537. The standard InChI is InChI=1S/C11H10BrClN2OS/c1-15(5-9-2-7(12)6-17-9)11(16)10-3-8(13)4-14-10/h2-4,6,14H,5H2,1H3. The Morgan fingerprint density at radius 2 is 2.35 bits per heavy atom. The lowest BCUT2D eigenvalue weighted by atomic mass is 10.3. The summed E-state index contributed by atoms with van der Waals surface area (Å²) in [7, 11) is 1.77. The minimum atomic E-state index is -0.0681. The normalized spacial score (nSPS) is 10.5. The second kappa shape index (κ2) is 5.25. The second-order valence-electron chi connectivity index (χ2n) is 3.62. The number of carbonyl (C=O) groups excluding carboxylic acids is 1. The third-order valence-electron chi connectivity index (χ3n) is 2.24. The Morgan fingerprint density at radius 3 is 2.88 bits per heavy atom. The molecule has 0 fully saturated rings. The monoisotopic (exact) mass is 332 g/mol. The van der Waals surface area contributed by atoms with Crippen LogP contribution in [0.4, 0.5) is 0 Å². The molecule has 0 spiro atoms. The molecule has 0 saturated carbocycles. The van der Waals surface area contributed by atoms with Gasteiger partial charge >= 0.3 is 0 Å². The molecule has 0 aliphatic heterocycles. The van der Waals surface area contributed by atoms with Gasteiger partial charge in [0.2, 0.25) is 0 Å². The summed E-state index contributed by atoms with van der Waals surface area (Å²) in [6.45, 7) is 0.589. The molecule has 0 atom stereocenters.